The zero-order chi connectivity index (χ0) is 17.1. The molecule has 0 spiro atoms. The number of thiazole rings is 1. The molecule has 1 rings (SSSR count). The molecule has 0 saturated carbocycles. The monoisotopic (exact) mass is 339 g/mol. The first-order valence-electron chi connectivity index (χ1n) is 8.84. The lowest BCUT2D eigenvalue weighted by atomic mass is 10.3. The molecule has 132 valence electrons. The Morgan fingerprint density at radius 3 is 2.57 bits per heavy atom. The molecule has 0 saturated heterocycles. The van der Waals surface area contributed by atoms with E-state index in [1.807, 2.05) is 17.5 Å². The van der Waals surface area contributed by atoms with Crippen molar-refractivity contribution in [2.24, 2.45) is 4.99 Å². The molecule has 0 amide bonds. The fourth-order valence-corrected chi connectivity index (χ4v) is 3.30. The van der Waals surface area contributed by atoms with E-state index in [1.54, 1.807) is 0 Å². The van der Waals surface area contributed by atoms with E-state index < -0.39 is 0 Å². The Hall–Kier alpha value is -1.14. The van der Waals surface area contributed by atoms with Crippen molar-refractivity contribution in [3.8, 4) is 0 Å². The number of aryl methyl sites for hydroxylation is 1. The summed E-state index contributed by atoms with van der Waals surface area (Å²) in [5.41, 5.74) is 0. The van der Waals surface area contributed by atoms with Gasteiger partial charge in [0, 0.05) is 36.6 Å². The van der Waals surface area contributed by atoms with Crippen molar-refractivity contribution in [2.45, 2.75) is 53.5 Å². The predicted molar refractivity (Wildman–Crippen MR) is 102 cm³/mol. The maximum atomic E-state index is 4.72. The molecule has 0 bridgehead atoms. The van der Waals surface area contributed by atoms with Crippen molar-refractivity contribution in [2.75, 3.05) is 32.7 Å². The normalized spacial score (nSPS) is 13.4. The fraction of sp³-hybridized carbons (Fsp3) is 0.765. The van der Waals surface area contributed by atoms with E-state index in [4.69, 9.17) is 4.99 Å². The third-order valence-electron chi connectivity index (χ3n) is 3.87. The molecule has 1 heterocycles. The van der Waals surface area contributed by atoms with Gasteiger partial charge in [0.1, 0.15) is 0 Å². The standard InChI is InChI=1S/C17H33N5S/c1-6-15-13-20-16(23-15)10-11-19-17(18-7-2)21-12-14(5)22(8-3)9-4/h13-14H,6-12H2,1-5H3,(H2,18,19,21). The van der Waals surface area contributed by atoms with Crippen LogP contribution in [0, 0.1) is 0 Å². The Balaban J connectivity index is 2.45. The number of aliphatic imine (C=N–C) groups is 1. The molecule has 1 unspecified atom stereocenters. The molecule has 0 aromatic carbocycles. The van der Waals surface area contributed by atoms with Gasteiger partial charge in [-0.05, 0) is 33.4 Å². The van der Waals surface area contributed by atoms with E-state index in [0.29, 0.717) is 6.04 Å². The van der Waals surface area contributed by atoms with Gasteiger partial charge in [-0.1, -0.05) is 20.8 Å². The Labute approximate surface area is 145 Å². The highest BCUT2D eigenvalue weighted by molar-refractivity contribution is 7.11. The predicted octanol–water partition coefficient (Wildman–Crippen LogP) is 2.53. The second-order valence-corrected chi connectivity index (χ2v) is 6.74. The van der Waals surface area contributed by atoms with Crippen molar-refractivity contribution < 1.29 is 0 Å². The fourth-order valence-electron chi connectivity index (χ4n) is 2.44. The maximum absolute atomic E-state index is 4.72. The van der Waals surface area contributed by atoms with Crippen LogP contribution in [0.1, 0.15) is 44.5 Å². The average Bonchev–Trinajstić information content (AvgIpc) is 3.01. The lowest BCUT2D eigenvalue weighted by Gasteiger charge is -2.25. The van der Waals surface area contributed by atoms with E-state index in [9.17, 15) is 0 Å². The third kappa shape index (κ3) is 7.31. The zero-order valence-electron chi connectivity index (χ0n) is 15.4. The Bertz CT molecular complexity index is 454. The van der Waals surface area contributed by atoms with Gasteiger partial charge in [-0.25, -0.2) is 4.98 Å². The summed E-state index contributed by atoms with van der Waals surface area (Å²) in [6.45, 7) is 15.6. The number of nitrogens with zero attached hydrogens (tertiary/aromatic N) is 3. The van der Waals surface area contributed by atoms with E-state index in [-0.39, 0.29) is 0 Å². The summed E-state index contributed by atoms with van der Waals surface area (Å²) in [5.74, 6) is 0.902. The molecule has 0 aliphatic heterocycles. The summed E-state index contributed by atoms with van der Waals surface area (Å²) in [4.78, 5) is 13.0. The van der Waals surface area contributed by atoms with Gasteiger partial charge in [0.25, 0.3) is 0 Å². The largest absolute Gasteiger partial charge is 0.357 e. The minimum absolute atomic E-state index is 0.464. The molecule has 0 aliphatic carbocycles. The summed E-state index contributed by atoms with van der Waals surface area (Å²) in [6, 6.07) is 0.464. The second kappa shape index (κ2) is 11.4. The van der Waals surface area contributed by atoms with Crippen LogP contribution in [0.15, 0.2) is 11.2 Å². The SMILES string of the molecule is CCNC(=NCC(C)N(CC)CC)NCCc1ncc(CC)s1. The number of likely N-dealkylation sites (N-methyl/N-ethyl adjacent to an activating group) is 1. The number of hydrogen-bond acceptors (Lipinski definition) is 4. The van der Waals surface area contributed by atoms with Crippen molar-refractivity contribution in [3.05, 3.63) is 16.1 Å². The van der Waals surface area contributed by atoms with Crippen molar-refractivity contribution in [3.63, 3.8) is 0 Å². The van der Waals surface area contributed by atoms with Crippen LogP contribution < -0.4 is 10.6 Å². The first kappa shape index (κ1) is 19.9. The number of aromatic nitrogens is 1. The second-order valence-electron chi connectivity index (χ2n) is 5.54. The van der Waals surface area contributed by atoms with Crippen LogP contribution in [0.5, 0.6) is 0 Å². The van der Waals surface area contributed by atoms with Crippen molar-refractivity contribution in [1.29, 1.82) is 0 Å². The van der Waals surface area contributed by atoms with Crippen molar-refractivity contribution in [1.82, 2.24) is 20.5 Å². The van der Waals surface area contributed by atoms with Gasteiger partial charge in [0.15, 0.2) is 5.96 Å². The highest BCUT2D eigenvalue weighted by Crippen LogP contribution is 2.13. The number of guanidine groups is 1. The lowest BCUT2D eigenvalue weighted by Crippen LogP contribution is -2.40. The molecule has 5 nitrogen and oxygen atoms in total. The van der Waals surface area contributed by atoms with Gasteiger partial charge in [0.05, 0.1) is 11.6 Å². The van der Waals surface area contributed by atoms with Crippen LogP contribution in [-0.4, -0.2) is 54.6 Å². The first-order valence-corrected chi connectivity index (χ1v) is 9.65. The molecular formula is C17H33N5S. The van der Waals surface area contributed by atoms with Gasteiger partial charge >= 0.3 is 0 Å². The third-order valence-corrected chi connectivity index (χ3v) is 5.08. The topological polar surface area (TPSA) is 52.6 Å². The molecule has 1 atom stereocenters. The van der Waals surface area contributed by atoms with Gasteiger partial charge in [0.2, 0.25) is 0 Å². The van der Waals surface area contributed by atoms with Crippen LogP contribution >= 0.6 is 11.3 Å². The summed E-state index contributed by atoms with van der Waals surface area (Å²) in [6.07, 6.45) is 4.00. The van der Waals surface area contributed by atoms with Crippen molar-refractivity contribution >= 4 is 17.3 Å². The highest BCUT2D eigenvalue weighted by Gasteiger charge is 2.09. The van der Waals surface area contributed by atoms with E-state index in [1.165, 1.54) is 9.88 Å². The maximum Gasteiger partial charge on any atom is 0.191 e. The summed E-state index contributed by atoms with van der Waals surface area (Å²) in [7, 11) is 0. The molecular weight excluding hydrogens is 306 g/mol. The molecule has 0 fully saturated rings. The average molecular weight is 340 g/mol. The smallest absolute Gasteiger partial charge is 0.191 e. The summed E-state index contributed by atoms with van der Waals surface area (Å²) < 4.78 is 0. The summed E-state index contributed by atoms with van der Waals surface area (Å²) in [5, 5.41) is 7.93. The quantitative estimate of drug-likeness (QED) is 0.508. The lowest BCUT2D eigenvalue weighted by molar-refractivity contribution is 0.237. The van der Waals surface area contributed by atoms with Crippen LogP contribution in [0.4, 0.5) is 0 Å². The number of hydrogen-bond donors (Lipinski definition) is 2. The summed E-state index contributed by atoms with van der Waals surface area (Å²) >= 11 is 1.81. The minimum Gasteiger partial charge on any atom is -0.357 e. The number of rotatable bonds is 10. The molecule has 0 aliphatic rings. The molecule has 1 aromatic rings. The van der Waals surface area contributed by atoms with Gasteiger partial charge in [-0.15, -0.1) is 11.3 Å². The molecule has 1 aromatic heterocycles. The van der Waals surface area contributed by atoms with E-state index in [2.05, 4.69) is 55.1 Å². The van der Waals surface area contributed by atoms with Gasteiger partial charge in [-0.3, -0.25) is 9.89 Å². The zero-order valence-corrected chi connectivity index (χ0v) is 16.2. The highest BCUT2D eigenvalue weighted by atomic mass is 32.1. The molecule has 6 heteroatoms. The Kier molecular flexibility index (Phi) is 9.87. The van der Waals surface area contributed by atoms with E-state index >= 15 is 0 Å². The molecule has 2 N–H and O–H groups in total. The Morgan fingerprint density at radius 1 is 1.26 bits per heavy atom. The van der Waals surface area contributed by atoms with Crippen LogP contribution in [0.2, 0.25) is 0 Å². The minimum atomic E-state index is 0.464. The van der Waals surface area contributed by atoms with Gasteiger partial charge in [-0.2, -0.15) is 0 Å². The van der Waals surface area contributed by atoms with Crippen LogP contribution in [-0.2, 0) is 12.8 Å². The molecule has 0 radical (unpaired) electrons. The first-order chi connectivity index (χ1) is 11.1. The molecule has 23 heavy (non-hydrogen) atoms. The van der Waals surface area contributed by atoms with Gasteiger partial charge < -0.3 is 10.6 Å². The van der Waals surface area contributed by atoms with E-state index in [0.717, 1.165) is 51.5 Å². The van der Waals surface area contributed by atoms with Crippen LogP contribution in [0.25, 0.3) is 0 Å². The van der Waals surface area contributed by atoms with Crippen LogP contribution in [0.3, 0.4) is 0 Å². The Morgan fingerprint density at radius 2 is 2.00 bits per heavy atom. The number of nitrogens with one attached hydrogen (secondary N) is 2.